The summed E-state index contributed by atoms with van der Waals surface area (Å²) < 4.78 is 0. The third-order valence-corrected chi connectivity index (χ3v) is 6.11. The fourth-order valence-corrected chi connectivity index (χ4v) is 4.26. The van der Waals surface area contributed by atoms with Gasteiger partial charge in [0.05, 0.1) is 0 Å². The molecule has 2 N–H and O–H groups in total. The second-order valence-electron chi connectivity index (χ2n) is 8.15. The maximum absolute atomic E-state index is 13.1. The molecule has 0 bridgehead atoms. The van der Waals surface area contributed by atoms with Crippen molar-refractivity contribution in [1.29, 1.82) is 0 Å². The first kappa shape index (κ1) is 22.0. The van der Waals surface area contributed by atoms with Crippen LogP contribution in [0.1, 0.15) is 53.0 Å². The molecule has 1 aliphatic heterocycles. The van der Waals surface area contributed by atoms with Gasteiger partial charge in [-0.1, -0.05) is 31.5 Å². The second-order valence-corrected chi connectivity index (χ2v) is 8.93. The minimum Gasteiger partial charge on any atom is -0.349 e. The van der Waals surface area contributed by atoms with Gasteiger partial charge in [-0.3, -0.25) is 14.4 Å². The lowest BCUT2D eigenvalue weighted by molar-refractivity contribution is -0.135. The molecule has 2 heterocycles. The monoisotopic (exact) mass is 427 g/mol. The fourth-order valence-electron chi connectivity index (χ4n) is 3.63. The number of nitrogens with one attached hydrogen (secondary N) is 2. The molecule has 0 spiro atoms. The molecule has 6 nitrogen and oxygen atoms in total. The maximum Gasteiger partial charge on any atom is 0.252 e. The van der Waals surface area contributed by atoms with Gasteiger partial charge in [0.25, 0.3) is 11.8 Å². The average Bonchev–Trinajstić information content (AvgIpc) is 3.27. The topological polar surface area (TPSA) is 78.5 Å². The summed E-state index contributed by atoms with van der Waals surface area (Å²) in [6.07, 6.45) is 1.41. The number of thiophene rings is 1. The van der Waals surface area contributed by atoms with Crippen molar-refractivity contribution in [2.75, 3.05) is 13.1 Å². The molecule has 1 fully saturated rings. The molecule has 0 saturated carbocycles. The number of carbonyl (C=O) groups is 3. The number of benzene rings is 1. The molecule has 1 aromatic heterocycles. The summed E-state index contributed by atoms with van der Waals surface area (Å²) in [4.78, 5) is 39.8. The number of likely N-dealkylation sites (tertiary alicyclic amines) is 1. The highest BCUT2D eigenvalue weighted by Gasteiger charge is 2.31. The predicted molar refractivity (Wildman–Crippen MR) is 119 cm³/mol. The molecule has 7 heteroatoms. The lowest BCUT2D eigenvalue weighted by Gasteiger charge is -2.35. The highest BCUT2D eigenvalue weighted by Crippen LogP contribution is 2.16. The Bertz CT molecular complexity index is 887. The Labute approximate surface area is 181 Å². The summed E-state index contributed by atoms with van der Waals surface area (Å²) in [6.45, 7) is 6.94. The van der Waals surface area contributed by atoms with Crippen LogP contribution in [-0.4, -0.2) is 47.8 Å². The summed E-state index contributed by atoms with van der Waals surface area (Å²) >= 11 is 1.50. The standard InChI is InChI=1S/C23H29N3O3S/c1-15(2)20(25-21(27)17-6-4-5-16(3)13-17)23(29)26-10-7-19(8-11-26)24-22(28)18-9-12-30-14-18/h4-6,9,12-15,19-20H,7-8,10-11H2,1-3H3,(H,24,28)(H,25,27). The van der Waals surface area contributed by atoms with Crippen LogP contribution in [-0.2, 0) is 4.79 Å². The van der Waals surface area contributed by atoms with Gasteiger partial charge < -0.3 is 15.5 Å². The van der Waals surface area contributed by atoms with E-state index in [4.69, 9.17) is 0 Å². The molecule has 0 radical (unpaired) electrons. The Morgan fingerprint density at radius 2 is 1.80 bits per heavy atom. The lowest BCUT2D eigenvalue weighted by atomic mass is 9.99. The molecule has 2 aromatic rings. The summed E-state index contributed by atoms with van der Waals surface area (Å²) in [6, 6.07) is 8.64. The Kier molecular flexibility index (Phi) is 7.26. The lowest BCUT2D eigenvalue weighted by Crippen LogP contribution is -2.54. The van der Waals surface area contributed by atoms with Crippen molar-refractivity contribution in [3.8, 4) is 0 Å². The molecular weight excluding hydrogens is 398 g/mol. The van der Waals surface area contributed by atoms with Crippen molar-refractivity contribution in [1.82, 2.24) is 15.5 Å². The molecule has 160 valence electrons. The molecule has 1 atom stereocenters. The van der Waals surface area contributed by atoms with E-state index >= 15 is 0 Å². The van der Waals surface area contributed by atoms with Crippen LogP contribution in [0.4, 0.5) is 0 Å². The maximum atomic E-state index is 13.1. The molecule has 3 rings (SSSR count). The molecule has 1 aromatic carbocycles. The number of amides is 3. The van der Waals surface area contributed by atoms with Crippen LogP contribution in [0.3, 0.4) is 0 Å². The van der Waals surface area contributed by atoms with Crippen molar-refractivity contribution in [3.63, 3.8) is 0 Å². The van der Waals surface area contributed by atoms with Crippen LogP contribution in [0.15, 0.2) is 41.1 Å². The highest BCUT2D eigenvalue weighted by atomic mass is 32.1. The van der Waals surface area contributed by atoms with E-state index in [0.29, 0.717) is 37.1 Å². The quantitative estimate of drug-likeness (QED) is 0.743. The molecule has 30 heavy (non-hydrogen) atoms. The van der Waals surface area contributed by atoms with Crippen LogP contribution in [0, 0.1) is 12.8 Å². The van der Waals surface area contributed by atoms with E-state index in [-0.39, 0.29) is 29.7 Å². The number of nitrogens with zero attached hydrogens (tertiary/aromatic N) is 1. The Morgan fingerprint density at radius 3 is 2.40 bits per heavy atom. The third-order valence-electron chi connectivity index (χ3n) is 5.42. The zero-order valence-corrected chi connectivity index (χ0v) is 18.5. The Balaban J connectivity index is 1.56. The number of piperidine rings is 1. The van der Waals surface area contributed by atoms with Gasteiger partial charge in [-0.25, -0.2) is 0 Å². The number of aryl methyl sites for hydroxylation is 1. The zero-order valence-electron chi connectivity index (χ0n) is 17.7. The fraction of sp³-hybridized carbons (Fsp3) is 0.435. The van der Waals surface area contributed by atoms with E-state index in [2.05, 4.69) is 10.6 Å². The molecule has 1 aliphatic rings. The van der Waals surface area contributed by atoms with Gasteiger partial charge in [-0.05, 0) is 49.3 Å². The average molecular weight is 428 g/mol. The molecule has 3 amide bonds. The SMILES string of the molecule is Cc1cccc(C(=O)NC(C(=O)N2CCC(NC(=O)c3ccsc3)CC2)C(C)C)c1. The van der Waals surface area contributed by atoms with Crippen LogP contribution >= 0.6 is 11.3 Å². The van der Waals surface area contributed by atoms with Gasteiger partial charge in [0.2, 0.25) is 5.91 Å². The van der Waals surface area contributed by atoms with Gasteiger partial charge >= 0.3 is 0 Å². The predicted octanol–water partition coefficient (Wildman–Crippen LogP) is 3.23. The van der Waals surface area contributed by atoms with E-state index in [1.807, 2.05) is 55.8 Å². The molecular formula is C23H29N3O3S. The molecule has 1 unspecified atom stereocenters. The number of hydrogen-bond acceptors (Lipinski definition) is 4. The second kappa shape index (κ2) is 9.89. The number of rotatable bonds is 6. The normalized spacial score (nSPS) is 15.7. The van der Waals surface area contributed by atoms with Crippen LogP contribution in [0.2, 0.25) is 0 Å². The van der Waals surface area contributed by atoms with Crippen LogP contribution < -0.4 is 10.6 Å². The summed E-state index contributed by atoms with van der Waals surface area (Å²) in [5, 5.41) is 9.69. The van der Waals surface area contributed by atoms with Crippen LogP contribution in [0.25, 0.3) is 0 Å². The Hall–Kier alpha value is -2.67. The Morgan fingerprint density at radius 1 is 1.07 bits per heavy atom. The van der Waals surface area contributed by atoms with Crippen molar-refractivity contribution < 1.29 is 14.4 Å². The van der Waals surface area contributed by atoms with E-state index < -0.39 is 6.04 Å². The van der Waals surface area contributed by atoms with Crippen molar-refractivity contribution in [2.45, 2.75) is 45.7 Å². The zero-order chi connectivity index (χ0) is 21.7. The van der Waals surface area contributed by atoms with E-state index in [1.165, 1.54) is 11.3 Å². The smallest absolute Gasteiger partial charge is 0.252 e. The largest absolute Gasteiger partial charge is 0.349 e. The number of carbonyl (C=O) groups excluding carboxylic acids is 3. The van der Waals surface area contributed by atoms with E-state index in [0.717, 1.165) is 5.56 Å². The van der Waals surface area contributed by atoms with E-state index in [9.17, 15) is 14.4 Å². The highest BCUT2D eigenvalue weighted by molar-refractivity contribution is 7.08. The number of hydrogen-bond donors (Lipinski definition) is 2. The summed E-state index contributed by atoms with van der Waals surface area (Å²) in [5.74, 6) is -0.383. The first-order chi connectivity index (χ1) is 14.3. The van der Waals surface area contributed by atoms with Crippen LogP contribution in [0.5, 0.6) is 0 Å². The van der Waals surface area contributed by atoms with Gasteiger partial charge in [-0.15, -0.1) is 0 Å². The van der Waals surface area contributed by atoms with Gasteiger partial charge in [0.15, 0.2) is 0 Å². The minimum atomic E-state index is -0.574. The van der Waals surface area contributed by atoms with Crippen molar-refractivity contribution in [2.24, 2.45) is 5.92 Å². The first-order valence-electron chi connectivity index (χ1n) is 10.3. The van der Waals surface area contributed by atoms with E-state index in [1.54, 1.807) is 11.0 Å². The molecule has 0 aliphatic carbocycles. The van der Waals surface area contributed by atoms with Gasteiger partial charge in [0, 0.05) is 35.6 Å². The summed E-state index contributed by atoms with van der Waals surface area (Å²) in [7, 11) is 0. The van der Waals surface area contributed by atoms with Crippen molar-refractivity contribution >= 4 is 29.1 Å². The molecule has 1 saturated heterocycles. The summed E-state index contributed by atoms with van der Waals surface area (Å²) in [5.41, 5.74) is 2.24. The van der Waals surface area contributed by atoms with Gasteiger partial charge in [-0.2, -0.15) is 11.3 Å². The minimum absolute atomic E-state index is 0.0257. The van der Waals surface area contributed by atoms with Crippen molar-refractivity contribution in [3.05, 3.63) is 57.8 Å². The van der Waals surface area contributed by atoms with Gasteiger partial charge in [0.1, 0.15) is 6.04 Å². The third kappa shape index (κ3) is 5.48. The first-order valence-corrected chi connectivity index (χ1v) is 11.3.